The molecule has 0 heterocycles. The van der Waals surface area contributed by atoms with Gasteiger partial charge >= 0.3 is 0 Å². The number of carbonyl (C=O) groups is 4. The van der Waals surface area contributed by atoms with E-state index in [2.05, 4.69) is 21.3 Å². The molecule has 2 amide bonds. The fourth-order valence-corrected chi connectivity index (χ4v) is 6.88. The molecule has 4 aromatic rings. The zero-order chi connectivity index (χ0) is 34.9. The smallest absolute Gasteiger partial charge is 0.235 e. The SMILES string of the molecule is Cc1cc(C)c(Nc2cccc3c2C(=O)c2cccc(Nc4c(C)cc(C)c(CC(=O)NCCl)c4C)c2C3=O)c(C)c1CNC(=O)CCl. The summed E-state index contributed by atoms with van der Waals surface area (Å²) in [5, 5.41) is 12.4. The van der Waals surface area contributed by atoms with E-state index in [9.17, 15) is 19.2 Å². The molecule has 0 fully saturated rings. The lowest BCUT2D eigenvalue weighted by Crippen LogP contribution is -2.25. The van der Waals surface area contributed by atoms with Gasteiger partial charge in [-0.15, -0.1) is 23.2 Å². The fraction of sp³-hybridized carbons (Fsp3) is 0.263. The molecule has 0 aromatic heterocycles. The van der Waals surface area contributed by atoms with Gasteiger partial charge in [0.25, 0.3) is 0 Å². The first kappa shape index (κ1) is 34.7. The number of alkyl halides is 2. The van der Waals surface area contributed by atoms with Crippen LogP contribution < -0.4 is 21.3 Å². The van der Waals surface area contributed by atoms with E-state index in [0.717, 1.165) is 55.9 Å². The van der Waals surface area contributed by atoms with Gasteiger partial charge in [-0.05, 0) is 98.2 Å². The number of carbonyl (C=O) groups excluding carboxylic acids is 4. The maximum atomic E-state index is 14.3. The van der Waals surface area contributed by atoms with Gasteiger partial charge in [0.15, 0.2) is 11.6 Å². The molecular formula is C38H38Cl2N4O4. The first-order valence-electron chi connectivity index (χ1n) is 15.6. The van der Waals surface area contributed by atoms with Crippen LogP contribution in [0.15, 0.2) is 48.5 Å². The third-order valence-electron chi connectivity index (χ3n) is 9.04. The van der Waals surface area contributed by atoms with Crippen molar-refractivity contribution in [2.45, 2.75) is 54.5 Å². The summed E-state index contributed by atoms with van der Waals surface area (Å²) in [6, 6.07) is 14.5. The summed E-state index contributed by atoms with van der Waals surface area (Å²) in [6.45, 7) is 12.1. The van der Waals surface area contributed by atoms with E-state index >= 15 is 0 Å². The number of amides is 2. The summed E-state index contributed by atoms with van der Waals surface area (Å²) < 4.78 is 0. The molecule has 8 nitrogen and oxygen atoms in total. The van der Waals surface area contributed by atoms with E-state index in [1.165, 1.54) is 0 Å². The van der Waals surface area contributed by atoms with Gasteiger partial charge in [0.05, 0.1) is 34.9 Å². The largest absolute Gasteiger partial charge is 0.354 e. The number of fused-ring (bicyclic) bond motifs is 2. The van der Waals surface area contributed by atoms with E-state index in [1.54, 1.807) is 36.4 Å². The molecule has 0 unspecified atom stereocenters. The Morgan fingerprint density at radius 1 is 0.625 bits per heavy atom. The molecule has 248 valence electrons. The van der Waals surface area contributed by atoms with Gasteiger partial charge in [0.2, 0.25) is 11.8 Å². The monoisotopic (exact) mass is 684 g/mol. The summed E-state index contributed by atoms with van der Waals surface area (Å²) in [5.41, 5.74) is 11.3. The molecular weight excluding hydrogens is 647 g/mol. The van der Waals surface area contributed by atoms with Crippen molar-refractivity contribution in [1.29, 1.82) is 0 Å². The molecule has 0 radical (unpaired) electrons. The molecule has 0 aliphatic heterocycles. The van der Waals surface area contributed by atoms with Crippen LogP contribution in [0.2, 0.25) is 0 Å². The molecule has 10 heteroatoms. The van der Waals surface area contributed by atoms with Crippen LogP contribution in [0.5, 0.6) is 0 Å². The predicted molar refractivity (Wildman–Crippen MR) is 193 cm³/mol. The minimum absolute atomic E-state index is 0.0266. The topological polar surface area (TPSA) is 116 Å². The molecule has 0 bridgehead atoms. The molecule has 0 saturated carbocycles. The number of hydrogen-bond acceptors (Lipinski definition) is 6. The minimum Gasteiger partial charge on any atom is -0.354 e. The van der Waals surface area contributed by atoms with E-state index in [4.69, 9.17) is 23.2 Å². The maximum absolute atomic E-state index is 14.3. The third kappa shape index (κ3) is 6.55. The summed E-state index contributed by atoms with van der Waals surface area (Å²) in [6.07, 6.45) is 0.163. The van der Waals surface area contributed by atoms with Crippen molar-refractivity contribution in [1.82, 2.24) is 10.6 Å². The zero-order valence-electron chi connectivity index (χ0n) is 27.8. The Morgan fingerprint density at radius 2 is 1.10 bits per heavy atom. The number of benzene rings is 4. The number of ketones is 2. The Labute approximate surface area is 290 Å². The average Bonchev–Trinajstić information content (AvgIpc) is 3.05. The van der Waals surface area contributed by atoms with Crippen molar-refractivity contribution in [3.8, 4) is 0 Å². The van der Waals surface area contributed by atoms with E-state index < -0.39 is 0 Å². The molecule has 0 saturated heterocycles. The van der Waals surface area contributed by atoms with E-state index in [0.29, 0.717) is 40.2 Å². The predicted octanol–water partition coefficient (Wildman–Crippen LogP) is 7.51. The highest BCUT2D eigenvalue weighted by molar-refractivity contribution is 6.32. The lowest BCUT2D eigenvalue weighted by molar-refractivity contribution is -0.120. The molecule has 5 rings (SSSR count). The summed E-state index contributed by atoms with van der Waals surface area (Å²) in [7, 11) is 0. The molecule has 1 aliphatic rings. The van der Waals surface area contributed by atoms with Crippen LogP contribution in [-0.2, 0) is 22.6 Å². The zero-order valence-corrected chi connectivity index (χ0v) is 29.3. The molecule has 4 aromatic carbocycles. The van der Waals surface area contributed by atoms with Gasteiger partial charge in [-0.3, -0.25) is 19.2 Å². The van der Waals surface area contributed by atoms with Gasteiger partial charge in [0.1, 0.15) is 5.88 Å². The van der Waals surface area contributed by atoms with E-state index in [1.807, 2.05) is 53.7 Å². The van der Waals surface area contributed by atoms with Crippen LogP contribution in [0.25, 0.3) is 0 Å². The minimum atomic E-state index is -0.266. The first-order chi connectivity index (χ1) is 22.9. The number of hydrogen-bond donors (Lipinski definition) is 4. The number of nitrogens with one attached hydrogen (secondary N) is 4. The Balaban J connectivity index is 1.53. The fourth-order valence-electron chi connectivity index (χ4n) is 6.63. The summed E-state index contributed by atoms with van der Waals surface area (Å²) in [5.74, 6) is -1.10. The molecule has 1 aliphatic carbocycles. The Morgan fingerprint density at radius 3 is 1.58 bits per heavy atom. The van der Waals surface area contributed by atoms with Crippen molar-refractivity contribution in [3.05, 3.63) is 115 Å². The van der Waals surface area contributed by atoms with Crippen molar-refractivity contribution >= 4 is 69.3 Å². The number of anilines is 4. The van der Waals surface area contributed by atoms with Crippen LogP contribution in [0.3, 0.4) is 0 Å². The summed E-state index contributed by atoms with van der Waals surface area (Å²) >= 11 is 11.4. The normalized spacial score (nSPS) is 11.9. The first-order valence-corrected chi connectivity index (χ1v) is 16.7. The summed E-state index contributed by atoms with van der Waals surface area (Å²) in [4.78, 5) is 52.8. The highest BCUT2D eigenvalue weighted by atomic mass is 35.5. The van der Waals surface area contributed by atoms with Crippen LogP contribution in [0, 0.1) is 41.5 Å². The van der Waals surface area contributed by atoms with Crippen molar-refractivity contribution in [2.75, 3.05) is 22.5 Å². The number of halogens is 2. The standard InChI is InChI=1S/C38H38Cl2N4O4/c1-19-13-21(3)35(23(5)27(19)15-31(45)42-18-40)43-29-11-7-9-25-33(29)37(47)26-10-8-12-30(34(26)38(25)48)44-36-22(4)14-20(2)28(24(36)6)17-41-32(46)16-39/h7-14,43-44H,15-18H2,1-6H3,(H,41,46)(H,42,45). The van der Waals surface area contributed by atoms with Crippen molar-refractivity contribution in [2.24, 2.45) is 0 Å². The second-order valence-electron chi connectivity index (χ2n) is 12.2. The van der Waals surface area contributed by atoms with Gasteiger partial charge in [0, 0.05) is 29.0 Å². The molecule has 0 atom stereocenters. The van der Waals surface area contributed by atoms with Crippen LogP contribution in [0.4, 0.5) is 22.7 Å². The lowest BCUT2D eigenvalue weighted by atomic mass is 9.82. The van der Waals surface area contributed by atoms with Crippen molar-refractivity contribution in [3.63, 3.8) is 0 Å². The van der Waals surface area contributed by atoms with Gasteiger partial charge in [-0.1, -0.05) is 36.4 Å². The van der Waals surface area contributed by atoms with E-state index in [-0.39, 0.29) is 41.7 Å². The van der Waals surface area contributed by atoms with Crippen molar-refractivity contribution < 1.29 is 19.2 Å². The highest BCUT2D eigenvalue weighted by Gasteiger charge is 2.34. The van der Waals surface area contributed by atoms with Gasteiger partial charge in [-0.2, -0.15) is 0 Å². The van der Waals surface area contributed by atoms with Crippen LogP contribution >= 0.6 is 23.2 Å². The third-order valence-corrected chi connectivity index (χ3v) is 9.42. The van der Waals surface area contributed by atoms with Gasteiger partial charge < -0.3 is 21.3 Å². The van der Waals surface area contributed by atoms with Crippen LogP contribution in [-0.4, -0.2) is 35.3 Å². The Kier molecular flexibility index (Phi) is 10.3. The Hall–Kier alpha value is -4.66. The second kappa shape index (κ2) is 14.2. The lowest BCUT2D eigenvalue weighted by Gasteiger charge is -2.25. The van der Waals surface area contributed by atoms with Crippen LogP contribution in [0.1, 0.15) is 76.4 Å². The molecule has 0 spiro atoms. The second-order valence-corrected chi connectivity index (χ2v) is 12.7. The molecule has 4 N–H and O–H groups in total. The number of aryl methyl sites for hydroxylation is 4. The maximum Gasteiger partial charge on any atom is 0.235 e. The highest BCUT2D eigenvalue weighted by Crippen LogP contribution is 2.40. The average molecular weight is 686 g/mol. The molecule has 48 heavy (non-hydrogen) atoms. The number of rotatable bonds is 10. The Bertz CT molecular complexity index is 2000. The van der Waals surface area contributed by atoms with Gasteiger partial charge in [-0.25, -0.2) is 0 Å². The quantitative estimate of drug-likeness (QED) is 0.0894.